The van der Waals surface area contributed by atoms with Crippen molar-refractivity contribution in [1.82, 2.24) is 0 Å². The van der Waals surface area contributed by atoms with Crippen LogP contribution in [-0.2, 0) is 9.53 Å². The van der Waals surface area contributed by atoms with Crippen molar-refractivity contribution >= 4 is 28.1 Å². The maximum Gasteiger partial charge on any atom is 0.303 e. The van der Waals surface area contributed by atoms with Crippen molar-refractivity contribution in [2.75, 3.05) is 19.7 Å². The number of fused-ring (bicyclic) bond motifs is 1. The molecule has 0 fully saturated rings. The molecule has 28 heavy (non-hydrogen) atoms. The predicted molar refractivity (Wildman–Crippen MR) is 106 cm³/mol. The first-order valence-electron chi connectivity index (χ1n) is 8.63. The molecule has 2 rings (SSSR count). The lowest BCUT2D eigenvalue weighted by atomic mass is 9.96. The summed E-state index contributed by atoms with van der Waals surface area (Å²) < 4.78 is 16.6. The zero-order valence-electron chi connectivity index (χ0n) is 16.5. The van der Waals surface area contributed by atoms with E-state index in [1.807, 2.05) is 19.9 Å². The molecule has 0 saturated heterocycles. The number of nitroso groups, excluding NO2 is 1. The van der Waals surface area contributed by atoms with Gasteiger partial charge in [0.25, 0.3) is 0 Å². The van der Waals surface area contributed by atoms with Crippen LogP contribution >= 0.6 is 0 Å². The summed E-state index contributed by atoms with van der Waals surface area (Å²) >= 11 is 0. The number of nitrogens with one attached hydrogen (secondary N) is 1. The Bertz CT molecular complexity index is 919. The second kappa shape index (κ2) is 9.18. The minimum absolute atomic E-state index is 0.106. The molecule has 0 spiro atoms. The zero-order chi connectivity index (χ0) is 20.8. The normalized spacial score (nSPS) is 11.5. The van der Waals surface area contributed by atoms with Crippen molar-refractivity contribution in [1.29, 1.82) is 0 Å². The van der Waals surface area contributed by atoms with Gasteiger partial charge in [-0.3, -0.25) is 15.5 Å². The van der Waals surface area contributed by atoms with E-state index in [1.165, 1.54) is 33.3 Å². The van der Waals surface area contributed by atoms with Crippen molar-refractivity contribution in [2.45, 2.75) is 33.3 Å². The number of ether oxygens (including phenoxy) is 3. The molecule has 2 aromatic carbocycles. The summed E-state index contributed by atoms with van der Waals surface area (Å²) in [5.74, 6) is 0.228. The van der Waals surface area contributed by atoms with Crippen molar-refractivity contribution in [2.24, 2.45) is 5.18 Å². The first kappa shape index (κ1) is 21.2. The van der Waals surface area contributed by atoms with Crippen molar-refractivity contribution in [3.63, 3.8) is 0 Å². The number of carbonyl (C=O) groups excluding carboxylic acids is 1. The van der Waals surface area contributed by atoms with Crippen molar-refractivity contribution in [3.8, 4) is 11.5 Å². The minimum Gasteiger partial charge on any atom is -0.496 e. The van der Waals surface area contributed by atoms with Gasteiger partial charge in [0.2, 0.25) is 0 Å². The highest BCUT2D eigenvalue weighted by Gasteiger charge is 2.26. The first-order chi connectivity index (χ1) is 13.4. The Kier molecular flexibility index (Phi) is 6.94. The van der Waals surface area contributed by atoms with E-state index in [2.05, 4.69) is 10.7 Å². The number of hydrogen-bond donors (Lipinski definition) is 2. The molecule has 0 aliphatic heterocycles. The van der Waals surface area contributed by atoms with Gasteiger partial charge in [0.05, 0.1) is 30.7 Å². The first-order valence-corrected chi connectivity index (χ1v) is 8.63. The number of anilines is 1. The quantitative estimate of drug-likeness (QED) is 0.283. The van der Waals surface area contributed by atoms with Crippen LogP contribution in [0.15, 0.2) is 35.0 Å². The molecular formula is C20H24N2O6. The third-order valence-corrected chi connectivity index (χ3v) is 4.24. The van der Waals surface area contributed by atoms with Gasteiger partial charge in [0.15, 0.2) is 0 Å². The Morgan fingerprint density at radius 2 is 1.93 bits per heavy atom. The number of benzene rings is 2. The Labute approximate surface area is 163 Å². The van der Waals surface area contributed by atoms with E-state index in [0.717, 1.165) is 5.57 Å². The molecule has 1 atom stereocenters. The van der Waals surface area contributed by atoms with Crippen LogP contribution in [0, 0.1) is 4.91 Å². The lowest BCUT2D eigenvalue weighted by molar-refractivity contribution is -0.146. The summed E-state index contributed by atoms with van der Waals surface area (Å²) in [5, 5.41) is 13.3. The topological polar surface area (TPSA) is 106 Å². The number of hydrogen-bond acceptors (Lipinski definition) is 8. The SMILES string of the molecule is COc1cc(C(CC=C(C)C)OC(C)=O)c(OC)c2c(N=O)ccc(NO)c12. The smallest absolute Gasteiger partial charge is 0.303 e. The summed E-state index contributed by atoms with van der Waals surface area (Å²) in [7, 11) is 2.91. The third-order valence-electron chi connectivity index (χ3n) is 4.24. The number of carbonyl (C=O) groups is 1. The van der Waals surface area contributed by atoms with E-state index in [1.54, 1.807) is 6.07 Å². The van der Waals surface area contributed by atoms with Crippen molar-refractivity contribution in [3.05, 3.63) is 40.3 Å². The van der Waals surface area contributed by atoms with Gasteiger partial charge in [-0.15, -0.1) is 4.91 Å². The fourth-order valence-corrected chi connectivity index (χ4v) is 3.07. The highest BCUT2D eigenvalue weighted by atomic mass is 16.5. The van der Waals surface area contributed by atoms with Crippen molar-refractivity contribution < 1.29 is 24.2 Å². The van der Waals surface area contributed by atoms with Gasteiger partial charge >= 0.3 is 5.97 Å². The van der Waals surface area contributed by atoms with E-state index in [0.29, 0.717) is 39.9 Å². The van der Waals surface area contributed by atoms with Gasteiger partial charge in [-0.05, 0) is 37.2 Å². The van der Waals surface area contributed by atoms with Gasteiger partial charge in [-0.1, -0.05) is 11.6 Å². The molecule has 0 aliphatic rings. The molecule has 0 bridgehead atoms. The molecule has 0 aromatic heterocycles. The van der Waals surface area contributed by atoms with Gasteiger partial charge in [-0.25, -0.2) is 0 Å². The van der Waals surface area contributed by atoms with E-state index >= 15 is 0 Å². The number of methoxy groups -OCH3 is 2. The van der Waals surface area contributed by atoms with E-state index in [9.17, 15) is 14.9 Å². The second-order valence-electron chi connectivity index (χ2n) is 6.40. The van der Waals surface area contributed by atoms with Crippen LogP contribution in [0.3, 0.4) is 0 Å². The van der Waals surface area contributed by atoms with Crippen LogP contribution in [0.25, 0.3) is 10.8 Å². The average molecular weight is 388 g/mol. The van der Waals surface area contributed by atoms with E-state index < -0.39 is 12.1 Å². The molecule has 2 aromatic rings. The summed E-state index contributed by atoms with van der Waals surface area (Å²) in [6.45, 7) is 5.21. The molecular weight excluding hydrogens is 364 g/mol. The van der Waals surface area contributed by atoms with Gasteiger partial charge in [0.1, 0.15) is 23.3 Å². The monoisotopic (exact) mass is 388 g/mol. The Morgan fingerprint density at radius 1 is 1.21 bits per heavy atom. The largest absolute Gasteiger partial charge is 0.496 e. The van der Waals surface area contributed by atoms with Crippen LogP contribution in [0.2, 0.25) is 0 Å². The molecule has 150 valence electrons. The van der Waals surface area contributed by atoms with Gasteiger partial charge in [0, 0.05) is 18.9 Å². The highest BCUT2D eigenvalue weighted by Crippen LogP contribution is 2.48. The lowest BCUT2D eigenvalue weighted by Crippen LogP contribution is -2.10. The molecule has 0 aliphatic carbocycles. The molecule has 8 nitrogen and oxygen atoms in total. The number of nitrogens with zero attached hydrogens (tertiary/aromatic N) is 1. The molecule has 0 saturated carbocycles. The third kappa shape index (κ3) is 4.23. The van der Waals surface area contributed by atoms with Crippen LogP contribution in [-0.4, -0.2) is 25.4 Å². The molecule has 0 heterocycles. The molecule has 2 N–H and O–H groups in total. The van der Waals surface area contributed by atoms with Gasteiger partial charge < -0.3 is 14.2 Å². The maximum absolute atomic E-state index is 11.7. The van der Waals surface area contributed by atoms with E-state index in [4.69, 9.17) is 14.2 Å². The molecule has 0 radical (unpaired) electrons. The zero-order valence-corrected chi connectivity index (χ0v) is 16.5. The summed E-state index contributed by atoms with van der Waals surface area (Å²) in [6.07, 6.45) is 1.69. The Morgan fingerprint density at radius 3 is 2.43 bits per heavy atom. The Balaban J connectivity index is 2.89. The maximum atomic E-state index is 11.7. The lowest BCUT2D eigenvalue weighted by Gasteiger charge is -2.22. The number of rotatable bonds is 8. The summed E-state index contributed by atoms with van der Waals surface area (Å²) in [4.78, 5) is 23.1. The average Bonchev–Trinajstić information content (AvgIpc) is 2.68. The number of esters is 1. The summed E-state index contributed by atoms with van der Waals surface area (Å²) in [6, 6.07) is 4.63. The molecule has 8 heteroatoms. The minimum atomic E-state index is -0.661. The molecule has 1 unspecified atom stereocenters. The summed E-state index contributed by atoms with van der Waals surface area (Å²) in [5.41, 5.74) is 4.11. The highest BCUT2D eigenvalue weighted by molar-refractivity contribution is 6.08. The Hall–Kier alpha value is -3.13. The van der Waals surface area contributed by atoms with Crippen LogP contribution < -0.4 is 15.0 Å². The van der Waals surface area contributed by atoms with Crippen LogP contribution in [0.5, 0.6) is 11.5 Å². The fraction of sp³-hybridized carbons (Fsp3) is 0.350. The fourth-order valence-electron chi connectivity index (χ4n) is 3.07. The predicted octanol–water partition coefficient (Wildman–Crippen LogP) is 5.02. The van der Waals surface area contributed by atoms with E-state index in [-0.39, 0.29) is 5.69 Å². The standard InChI is InChI=1S/C20H24N2O6/c1-11(2)6-9-16(28-12(3)23)13-10-17(26-4)18-14(21-24)7-8-15(22-25)19(18)20(13)27-5/h6-8,10,16,21,24H,9H2,1-5H3. The van der Waals surface area contributed by atoms with Gasteiger partial charge in [-0.2, -0.15) is 0 Å². The number of allylic oxidation sites excluding steroid dienone is 1. The molecule has 0 amide bonds. The second-order valence-corrected chi connectivity index (χ2v) is 6.40. The van der Waals surface area contributed by atoms with Crippen LogP contribution in [0.4, 0.5) is 11.4 Å². The van der Waals surface area contributed by atoms with Crippen LogP contribution in [0.1, 0.15) is 38.9 Å².